The van der Waals surface area contributed by atoms with Crippen LogP contribution in [0.3, 0.4) is 0 Å². The highest BCUT2D eigenvalue weighted by atomic mass is 35.5. The van der Waals surface area contributed by atoms with E-state index in [1.54, 1.807) is 6.07 Å². The zero-order valence-corrected chi connectivity index (χ0v) is 15.4. The lowest BCUT2D eigenvalue weighted by atomic mass is 10.2. The molecular weight excluding hydrogens is 397 g/mol. The third-order valence-corrected chi connectivity index (χ3v) is 4.75. The van der Waals surface area contributed by atoms with Crippen LogP contribution < -0.4 is 9.64 Å². The minimum Gasteiger partial charge on any atom is -0.461 e. The van der Waals surface area contributed by atoms with Crippen LogP contribution in [0.15, 0.2) is 24.3 Å². The molecule has 7 nitrogen and oxygen atoms in total. The first-order valence-corrected chi connectivity index (χ1v) is 9.01. The zero-order valence-electron chi connectivity index (χ0n) is 14.7. The number of halogens is 4. The van der Waals surface area contributed by atoms with Crippen LogP contribution >= 0.6 is 11.6 Å². The van der Waals surface area contributed by atoms with Crippen molar-refractivity contribution in [2.45, 2.75) is 18.9 Å². The summed E-state index contributed by atoms with van der Waals surface area (Å²) in [6.45, 7) is -1.08. The van der Waals surface area contributed by atoms with Crippen LogP contribution in [0.1, 0.15) is 12.0 Å². The predicted octanol–water partition coefficient (Wildman–Crippen LogP) is 3.12. The van der Waals surface area contributed by atoms with Gasteiger partial charge in [0.05, 0.1) is 13.1 Å². The number of anilines is 1. The molecule has 0 aliphatic carbocycles. The van der Waals surface area contributed by atoms with E-state index in [1.807, 2.05) is 18.2 Å². The molecule has 0 spiro atoms. The van der Waals surface area contributed by atoms with Crippen LogP contribution in [-0.4, -0.2) is 57.3 Å². The first-order valence-electron chi connectivity index (χ1n) is 8.63. The minimum atomic E-state index is -2.81. The maximum Gasteiger partial charge on any atom is 0.320 e. The fourth-order valence-corrected chi connectivity index (χ4v) is 3.24. The summed E-state index contributed by atoms with van der Waals surface area (Å²) in [5, 5.41) is 8.72. The second-order valence-corrected chi connectivity index (χ2v) is 6.81. The second-order valence-electron chi connectivity index (χ2n) is 6.41. The Morgan fingerprint density at radius 2 is 2.04 bits per heavy atom. The van der Waals surface area contributed by atoms with Gasteiger partial charge in [-0.05, 0) is 11.6 Å². The molecule has 0 bridgehead atoms. The molecule has 0 amide bonds. The van der Waals surface area contributed by atoms with Gasteiger partial charge < -0.3 is 9.64 Å². The molecule has 0 unspecified atom stereocenters. The van der Waals surface area contributed by atoms with Gasteiger partial charge >= 0.3 is 6.01 Å². The van der Waals surface area contributed by atoms with Gasteiger partial charge in [-0.2, -0.15) is 9.97 Å². The van der Waals surface area contributed by atoms with Gasteiger partial charge in [-0.3, -0.25) is 0 Å². The summed E-state index contributed by atoms with van der Waals surface area (Å²) in [4.78, 5) is 9.84. The van der Waals surface area contributed by atoms with E-state index in [0.717, 1.165) is 5.56 Å². The Bertz CT molecular complexity index is 998. The molecule has 4 rings (SSSR count). The summed E-state index contributed by atoms with van der Waals surface area (Å²) in [5.41, 5.74) is 1.36. The highest BCUT2D eigenvalue weighted by Crippen LogP contribution is 2.33. The first kappa shape index (κ1) is 18.7. The Hall–Kier alpha value is -2.62. The van der Waals surface area contributed by atoms with Gasteiger partial charge in [0.2, 0.25) is 0 Å². The van der Waals surface area contributed by atoms with Crippen molar-refractivity contribution in [3.8, 4) is 6.01 Å². The average molecular weight is 413 g/mol. The topological polar surface area (TPSA) is 69.0 Å². The summed E-state index contributed by atoms with van der Waals surface area (Å²) < 4.78 is 46.6. The van der Waals surface area contributed by atoms with Crippen molar-refractivity contribution < 1.29 is 17.9 Å². The lowest BCUT2D eigenvalue weighted by Gasteiger charge is -2.17. The third kappa shape index (κ3) is 3.68. The number of alkyl halides is 3. The monoisotopic (exact) mass is 412 g/mol. The molecule has 0 radical (unpaired) electrons. The Morgan fingerprint density at radius 1 is 1.21 bits per heavy atom. The van der Waals surface area contributed by atoms with Crippen molar-refractivity contribution in [1.82, 2.24) is 25.0 Å². The van der Waals surface area contributed by atoms with E-state index in [4.69, 9.17) is 16.3 Å². The number of hydrogen-bond acceptors (Lipinski definition) is 6. The van der Waals surface area contributed by atoms with E-state index >= 15 is 0 Å². The van der Waals surface area contributed by atoms with Crippen molar-refractivity contribution in [2.24, 2.45) is 0 Å². The standard InChI is InChI=1S/C17H16ClF3N6O/c18-12-4-2-1-3-11(12)9-27-15-13(24-25-27)14(22-16(23-15)28-8-6-19)26-7-5-17(20,21)10-26/h1-4H,5-10H2. The molecule has 3 heterocycles. The number of hydrogen-bond donors (Lipinski definition) is 0. The summed E-state index contributed by atoms with van der Waals surface area (Å²) in [6, 6.07) is 7.11. The molecule has 11 heteroatoms. The SMILES string of the molecule is FCCOc1nc(N2CCC(F)(F)C2)c2nnn(Cc3ccccc3Cl)c2n1. The molecule has 3 aromatic rings. The fraction of sp³-hybridized carbons (Fsp3) is 0.412. The number of fused-ring (bicyclic) bond motifs is 1. The van der Waals surface area contributed by atoms with E-state index in [0.29, 0.717) is 10.7 Å². The fourth-order valence-electron chi connectivity index (χ4n) is 3.05. The Kier molecular flexibility index (Phi) is 4.96. The highest BCUT2D eigenvalue weighted by Gasteiger charge is 2.40. The van der Waals surface area contributed by atoms with Crippen LogP contribution in [0.5, 0.6) is 6.01 Å². The van der Waals surface area contributed by atoms with E-state index in [9.17, 15) is 13.2 Å². The van der Waals surface area contributed by atoms with Crippen molar-refractivity contribution in [2.75, 3.05) is 31.3 Å². The van der Waals surface area contributed by atoms with Crippen molar-refractivity contribution in [3.63, 3.8) is 0 Å². The van der Waals surface area contributed by atoms with Gasteiger partial charge in [0.15, 0.2) is 17.0 Å². The summed E-state index contributed by atoms with van der Waals surface area (Å²) in [6.07, 6.45) is -0.285. The largest absolute Gasteiger partial charge is 0.461 e. The molecule has 1 aliphatic rings. The summed E-state index contributed by atoms with van der Waals surface area (Å²) >= 11 is 6.21. The average Bonchev–Trinajstić information content (AvgIpc) is 3.24. The van der Waals surface area contributed by atoms with Gasteiger partial charge in [-0.25, -0.2) is 17.9 Å². The molecule has 148 valence electrons. The van der Waals surface area contributed by atoms with E-state index < -0.39 is 19.1 Å². The lowest BCUT2D eigenvalue weighted by Crippen LogP contribution is -2.26. The van der Waals surface area contributed by atoms with Gasteiger partial charge in [0.25, 0.3) is 5.92 Å². The van der Waals surface area contributed by atoms with Crippen LogP contribution in [-0.2, 0) is 6.54 Å². The van der Waals surface area contributed by atoms with E-state index in [2.05, 4.69) is 20.3 Å². The van der Waals surface area contributed by atoms with Gasteiger partial charge in [-0.15, -0.1) is 5.10 Å². The molecule has 1 aliphatic heterocycles. The summed E-state index contributed by atoms with van der Waals surface area (Å²) in [7, 11) is 0. The van der Waals surface area contributed by atoms with Crippen LogP contribution in [0.25, 0.3) is 11.2 Å². The number of ether oxygens (including phenoxy) is 1. The molecule has 1 aromatic carbocycles. The zero-order chi connectivity index (χ0) is 19.7. The number of nitrogens with zero attached hydrogens (tertiary/aromatic N) is 6. The van der Waals surface area contributed by atoms with Crippen LogP contribution in [0.4, 0.5) is 19.0 Å². The number of rotatable bonds is 6. The number of benzene rings is 1. The van der Waals surface area contributed by atoms with Crippen LogP contribution in [0, 0.1) is 0 Å². The lowest BCUT2D eigenvalue weighted by molar-refractivity contribution is 0.0257. The molecule has 1 saturated heterocycles. The minimum absolute atomic E-state index is 0.110. The van der Waals surface area contributed by atoms with Gasteiger partial charge in [0.1, 0.15) is 13.3 Å². The maximum atomic E-state index is 13.7. The normalized spacial score (nSPS) is 16.1. The summed E-state index contributed by atoms with van der Waals surface area (Å²) in [5.74, 6) is -2.62. The quantitative estimate of drug-likeness (QED) is 0.619. The molecule has 1 fully saturated rings. The predicted molar refractivity (Wildman–Crippen MR) is 96.9 cm³/mol. The van der Waals surface area contributed by atoms with Crippen molar-refractivity contribution >= 4 is 28.6 Å². The second kappa shape index (κ2) is 7.42. The van der Waals surface area contributed by atoms with Crippen molar-refractivity contribution in [3.05, 3.63) is 34.9 Å². The first-order chi connectivity index (χ1) is 13.5. The smallest absolute Gasteiger partial charge is 0.320 e. The van der Waals surface area contributed by atoms with E-state index in [-0.39, 0.29) is 43.5 Å². The van der Waals surface area contributed by atoms with Crippen molar-refractivity contribution in [1.29, 1.82) is 0 Å². The Balaban J connectivity index is 1.76. The van der Waals surface area contributed by atoms with Gasteiger partial charge in [-0.1, -0.05) is 35.0 Å². The molecule has 2 aromatic heterocycles. The third-order valence-electron chi connectivity index (χ3n) is 4.38. The Labute approximate surface area is 163 Å². The Morgan fingerprint density at radius 3 is 2.75 bits per heavy atom. The molecule has 0 N–H and O–H groups in total. The van der Waals surface area contributed by atoms with Gasteiger partial charge in [0, 0.05) is 18.0 Å². The molecule has 28 heavy (non-hydrogen) atoms. The number of aromatic nitrogens is 5. The molecule has 0 saturated carbocycles. The molecule has 0 atom stereocenters. The molecular formula is C17H16ClF3N6O. The highest BCUT2D eigenvalue weighted by molar-refractivity contribution is 6.31. The van der Waals surface area contributed by atoms with E-state index in [1.165, 1.54) is 9.58 Å². The maximum absolute atomic E-state index is 13.7. The van der Waals surface area contributed by atoms with Crippen LogP contribution in [0.2, 0.25) is 5.02 Å².